The van der Waals surface area contributed by atoms with Crippen molar-refractivity contribution in [3.05, 3.63) is 0 Å². The minimum Gasteiger partial charge on any atom is -0.481 e. The van der Waals surface area contributed by atoms with Gasteiger partial charge in [-0.05, 0) is 25.7 Å². The van der Waals surface area contributed by atoms with E-state index >= 15 is 0 Å². The van der Waals surface area contributed by atoms with E-state index in [1.165, 1.54) is 0 Å². The third-order valence-electron chi connectivity index (χ3n) is 5.25. The largest absolute Gasteiger partial charge is 0.481 e. The van der Waals surface area contributed by atoms with Crippen LogP contribution in [0, 0.1) is 0 Å². The Balaban J connectivity index is 3.00. The number of nitrogens with one attached hydrogen (secondary N) is 5. The number of carbonyl (C=O) groups is 6. The van der Waals surface area contributed by atoms with Gasteiger partial charge in [0, 0.05) is 19.5 Å². The van der Waals surface area contributed by atoms with Crippen LogP contribution in [0.15, 0.2) is 4.99 Å². The highest BCUT2D eigenvalue weighted by molar-refractivity contribution is 5.95. The van der Waals surface area contributed by atoms with Gasteiger partial charge in [-0.2, -0.15) is 0 Å². The number of hydrogen-bond donors (Lipinski definition) is 9. The molecule has 0 aliphatic carbocycles. The molecule has 1 heterocycles. The van der Waals surface area contributed by atoms with Gasteiger partial charge in [0.1, 0.15) is 18.1 Å². The Kier molecular flexibility index (Phi) is 14.0. The number of nitrogens with zero attached hydrogens (tertiary/aromatic N) is 1. The quantitative estimate of drug-likeness (QED) is 0.0872. The van der Waals surface area contributed by atoms with Crippen molar-refractivity contribution in [3.63, 3.8) is 0 Å². The number of hydrogen-bond acceptors (Lipinski definition) is 8. The van der Waals surface area contributed by atoms with E-state index in [1.807, 2.05) is 0 Å². The molecule has 0 aromatic heterocycles. The highest BCUT2D eigenvalue weighted by atomic mass is 16.4. The number of guanidine groups is 1. The van der Waals surface area contributed by atoms with Crippen LogP contribution in [-0.4, -0.2) is 96.0 Å². The van der Waals surface area contributed by atoms with E-state index in [0.717, 1.165) is 0 Å². The van der Waals surface area contributed by atoms with Crippen LogP contribution in [0.4, 0.5) is 0 Å². The van der Waals surface area contributed by atoms with Gasteiger partial charge >= 0.3 is 5.97 Å². The Hall–Kier alpha value is -3.95. The van der Waals surface area contributed by atoms with Crippen molar-refractivity contribution >= 4 is 41.5 Å². The second kappa shape index (κ2) is 16.7. The van der Waals surface area contributed by atoms with Crippen molar-refractivity contribution in [2.75, 3.05) is 26.2 Å². The molecule has 0 bridgehead atoms. The summed E-state index contributed by atoms with van der Waals surface area (Å²) in [5.74, 6) is -5.15. The van der Waals surface area contributed by atoms with E-state index in [4.69, 9.17) is 16.6 Å². The van der Waals surface area contributed by atoms with Crippen molar-refractivity contribution in [1.82, 2.24) is 26.6 Å². The van der Waals surface area contributed by atoms with Crippen LogP contribution in [0.3, 0.4) is 0 Å². The smallest absolute Gasteiger partial charge is 0.305 e. The zero-order chi connectivity index (χ0) is 27.8. The van der Waals surface area contributed by atoms with Crippen LogP contribution in [0.25, 0.3) is 0 Å². The zero-order valence-corrected chi connectivity index (χ0v) is 20.5. The summed E-state index contributed by atoms with van der Waals surface area (Å²) in [6.45, 7) is -0.953. The van der Waals surface area contributed by atoms with E-state index in [1.54, 1.807) is 0 Å². The number of carbonyl (C=O) groups excluding carboxylic acids is 5. The number of carboxylic acids is 1. The summed E-state index contributed by atoms with van der Waals surface area (Å²) in [6, 6.07) is -3.94. The average molecular weight is 529 g/mol. The Labute approximate surface area is 213 Å². The van der Waals surface area contributed by atoms with E-state index in [2.05, 4.69) is 31.6 Å². The second-order valence-corrected chi connectivity index (χ2v) is 8.35. The number of aliphatic hydroxyl groups is 1. The molecule has 0 unspecified atom stereocenters. The third kappa shape index (κ3) is 13.1. The number of aliphatic imine (C=N–C) groups is 1. The second-order valence-electron chi connectivity index (χ2n) is 8.35. The lowest BCUT2D eigenvalue weighted by Crippen LogP contribution is -2.56. The van der Waals surface area contributed by atoms with Gasteiger partial charge in [0.05, 0.1) is 19.6 Å². The maximum absolute atomic E-state index is 12.7. The summed E-state index contributed by atoms with van der Waals surface area (Å²) < 4.78 is 0. The molecule has 3 atom stereocenters. The summed E-state index contributed by atoms with van der Waals surface area (Å²) in [7, 11) is 0. The molecule has 16 nitrogen and oxygen atoms in total. The number of rotatable bonds is 7. The van der Waals surface area contributed by atoms with E-state index < -0.39 is 67.3 Å². The number of carboxylic acid groups (broad SMARTS) is 1. The van der Waals surface area contributed by atoms with Crippen LogP contribution in [0.1, 0.15) is 44.9 Å². The highest BCUT2D eigenvalue weighted by Crippen LogP contribution is 2.04. The fraction of sp³-hybridized carbons (Fsp3) is 0.667. The lowest BCUT2D eigenvalue weighted by atomic mass is 10.1. The predicted octanol–water partition coefficient (Wildman–Crippen LogP) is -4.23. The SMILES string of the molecule is NC(N)=NCCC[C@@H]1NC(=O)CCCCCNC(=O)[C@H](CO)NC(=O)[C@H](CC(=O)O)NC(=O)CNC1=O. The average Bonchev–Trinajstić information content (AvgIpc) is 2.83. The zero-order valence-electron chi connectivity index (χ0n) is 20.5. The molecule has 0 aromatic rings. The van der Waals surface area contributed by atoms with Gasteiger partial charge < -0.3 is 48.3 Å². The Morgan fingerprint density at radius 2 is 1.54 bits per heavy atom. The van der Waals surface area contributed by atoms with Gasteiger partial charge in [0.25, 0.3) is 0 Å². The van der Waals surface area contributed by atoms with E-state index in [9.17, 15) is 33.9 Å². The summed E-state index contributed by atoms with van der Waals surface area (Å²) in [5, 5.41) is 30.5. The van der Waals surface area contributed by atoms with Gasteiger partial charge in [-0.15, -0.1) is 0 Å². The molecule has 0 spiro atoms. The maximum atomic E-state index is 12.7. The van der Waals surface area contributed by atoms with Gasteiger partial charge in [-0.25, -0.2) is 0 Å². The normalized spacial score (nSPS) is 23.1. The van der Waals surface area contributed by atoms with E-state index in [0.29, 0.717) is 25.7 Å². The summed E-state index contributed by atoms with van der Waals surface area (Å²) in [6.07, 6.45) is 1.40. The molecule has 1 fully saturated rings. The van der Waals surface area contributed by atoms with Crippen LogP contribution in [0.2, 0.25) is 0 Å². The number of nitrogens with two attached hydrogens (primary N) is 2. The molecule has 0 radical (unpaired) electrons. The third-order valence-corrected chi connectivity index (χ3v) is 5.25. The summed E-state index contributed by atoms with van der Waals surface area (Å²) in [4.78, 5) is 77.2. The first-order valence-corrected chi connectivity index (χ1v) is 11.9. The molecule has 0 aromatic carbocycles. The maximum Gasteiger partial charge on any atom is 0.305 e. The first kappa shape index (κ1) is 31.1. The molecule has 1 rings (SSSR count). The van der Waals surface area contributed by atoms with Crippen LogP contribution in [-0.2, 0) is 28.8 Å². The minimum atomic E-state index is -1.58. The first-order chi connectivity index (χ1) is 17.5. The van der Waals surface area contributed by atoms with Gasteiger partial charge in [-0.3, -0.25) is 33.8 Å². The lowest BCUT2D eigenvalue weighted by molar-refractivity contribution is -0.141. The number of amides is 5. The van der Waals surface area contributed by atoms with Crippen LogP contribution in [0.5, 0.6) is 0 Å². The fourth-order valence-corrected chi connectivity index (χ4v) is 3.35. The Morgan fingerprint density at radius 3 is 2.19 bits per heavy atom. The topological polar surface area (TPSA) is 267 Å². The molecule has 1 aliphatic heterocycles. The lowest BCUT2D eigenvalue weighted by Gasteiger charge is -2.21. The first-order valence-electron chi connectivity index (χ1n) is 11.9. The number of aliphatic hydroxyl groups excluding tert-OH is 1. The van der Waals surface area contributed by atoms with Crippen molar-refractivity contribution in [1.29, 1.82) is 0 Å². The molecular formula is C21H36N8O8. The van der Waals surface area contributed by atoms with Gasteiger partial charge in [0.15, 0.2) is 5.96 Å². The monoisotopic (exact) mass is 528 g/mol. The molecule has 1 aliphatic rings. The number of aliphatic carboxylic acids is 1. The molecule has 208 valence electrons. The predicted molar refractivity (Wildman–Crippen MR) is 130 cm³/mol. The van der Waals surface area contributed by atoms with Crippen molar-refractivity contribution < 1.29 is 39.0 Å². The molecule has 1 saturated heterocycles. The standard InChI is InChI=1S/C21H36N8O8/c22-21(23)25-8-4-5-12-18(35)26-10-16(32)28-13(9-17(33)34)20(37)29-14(11-30)19(36)24-7-3-1-2-6-15(31)27-12/h12-14,30H,1-11H2,(H,24,36)(H,26,35)(H,27,31)(H,28,32)(H,29,37)(H,33,34)(H4,22,23,25)/t12-,13-,14-/m0/s1. The summed E-state index contributed by atoms with van der Waals surface area (Å²) >= 11 is 0. The molecular weight excluding hydrogens is 492 g/mol. The van der Waals surface area contributed by atoms with Crippen molar-refractivity contribution in [2.24, 2.45) is 16.5 Å². The van der Waals surface area contributed by atoms with Crippen LogP contribution >= 0.6 is 0 Å². The van der Waals surface area contributed by atoms with Gasteiger partial charge in [0.2, 0.25) is 29.5 Å². The molecule has 5 amide bonds. The molecule has 37 heavy (non-hydrogen) atoms. The molecule has 0 saturated carbocycles. The van der Waals surface area contributed by atoms with Crippen molar-refractivity contribution in [3.8, 4) is 0 Å². The minimum absolute atomic E-state index is 0.118. The highest BCUT2D eigenvalue weighted by Gasteiger charge is 2.29. The summed E-state index contributed by atoms with van der Waals surface area (Å²) in [5.41, 5.74) is 10.6. The van der Waals surface area contributed by atoms with Crippen molar-refractivity contribution in [2.45, 2.75) is 63.1 Å². The fourth-order valence-electron chi connectivity index (χ4n) is 3.35. The molecule has 11 N–H and O–H groups in total. The van der Waals surface area contributed by atoms with Crippen LogP contribution < -0.4 is 38.1 Å². The van der Waals surface area contributed by atoms with Gasteiger partial charge in [-0.1, -0.05) is 6.42 Å². The van der Waals surface area contributed by atoms with E-state index in [-0.39, 0.29) is 37.8 Å². The molecule has 16 heteroatoms. The Bertz CT molecular complexity index is 861. The Morgan fingerprint density at radius 1 is 0.865 bits per heavy atom.